The lowest BCUT2D eigenvalue weighted by atomic mass is 9.99. The first-order valence-electron chi connectivity index (χ1n) is 16.3. The highest BCUT2D eigenvalue weighted by Crippen LogP contribution is 2.42. The van der Waals surface area contributed by atoms with Crippen LogP contribution in [0.2, 0.25) is 15.2 Å². The molecule has 53 heavy (non-hydrogen) atoms. The van der Waals surface area contributed by atoms with Gasteiger partial charge in [-0.3, -0.25) is 33.8 Å². The van der Waals surface area contributed by atoms with Gasteiger partial charge in [0.2, 0.25) is 6.41 Å². The van der Waals surface area contributed by atoms with E-state index in [1.807, 2.05) is 6.92 Å². The normalized spacial score (nSPS) is 18.0. The summed E-state index contributed by atoms with van der Waals surface area (Å²) in [6.45, 7) is 5.51. The van der Waals surface area contributed by atoms with Crippen LogP contribution in [0.4, 0.5) is 11.4 Å². The first-order valence-corrected chi connectivity index (χ1v) is 17.8. The summed E-state index contributed by atoms with van der Waals surface area (Å²) in [6, 6.07) is 6.66. The molecule has 7 rings (SSSR count). The zero-order valence-electron chi connectivity index (χ0n) is 27.9. The number of hydrazine groups is 1. The first kappa shape index (κ1) is 40.2. The molecular formula is C35H38Cl4N6O8. The van der Waals surface area contributed by atoms with E-state index in [1.165, 1.54) is 9.91 Å². The summed E-state index contributed by atoms with van der Waals surface area (Å²) in [6.07, 6.45) is 6.14. The van der Waals surface area contributed by atoms with Gasteiger partial charge in [0.05, 0.1) is 74.6 Å². The van der Waals surface area contributed by atoms with Crippen LogP contribution in [0.5, 0.6) is 11.5 Å². The molecule has 284 valence electrons. The molecule has 3 amide bonds. The van der Waals surface area contributed by atoms with E-state index in [-0.39, 0.29) is 61.2 Å². The van der Waals surface area contributed by atoms with E-state index in [1.54, 1.807) is 38.6 Å². The van der Waals surface area contributed by atoms with Gasteiger partial charge in [0.15, 0.2) is 13.2 Å². The second-order valence-electron chi connectivity index (χ2n) is 12.0. The molecule has 1 fully saturated rings. The van der Waals surface area contributed by atoms with Crippen molar-refractivity contribution in [2.24, 2.45) is 0 Å². The largest absolute Gasteiger partial charge is 0.482 e. The van der Waals surface area contributed by atoms with Crippen molar-refractivity contribution in [3.63, 3.8) is 0 Å². The Bertz CT molecular complexity index is 1980. The first-order chi connectivity index (χ1) is 25.0. The van der Waals surface area contributed by atoms with Crippen molar-refractivity contribution >= 4 is 76.0 Å². The fourth-order valence-electron chi connectivity index (χ4n) is 6.24. The van der Waals surface area contributed by atoms with E-state index >= 15 is 0 Å². The number of carbonyl (C=O) groups excluding carboxylic acids is 3. The standard InChI is InChI=1S/C18H15Cl2N3O4.C16H19Cl2N3O4.CH4/c1-2-3-21-13-8-11(12(19)9-14(13)27-10-15(21)24)16-17(20)22-4-6-26-7-5-23(22)18(16)25;1-10(16(18)21-3-5-24-4-2-20(21)9-22)11-6-13-14(7-12(11)17)25-8-15(23)19-13;/h1,8-9H,3-7,10H2;6-7,9-10,16H,2-5,8H2,1H3,(H,19,23);1H4. The van der Waals surface area contributed by atoms with Crippen LogP contribution in [-0.4, -0.2) is 102 Å². The van der Waals surface area contributed by atoms with Gasteiger partial charge >= 0.3 is 0 Å². The molecule has 1 aromatic heterocycles. The van der Waals surface area contributed by atoms with Gasteiger partial charge in [0.1, 0.15) is 22.2 Å². The van der Waals surface area contributed by atoms with Crippen LogP contribution in [0.25, 0.3) is 11.1 Å². The van der Waals surface area contributed by atoms with E-state index in [4.69, 9.17) is 71.8 Å². The van der Waals surface area contributed by atoms with E-state index < -0.39 is 5.50 Å². The van der Waals surface area contributed by atoms with Crippen LogP contribution in [0.3, 0.4) is 0 Å². The second-order valence-corrected chi connectivity index (χ2v) is 13.6. The maximum absolute atomic E-state index is 13.0. The van der Waals surface area contributed by atoms with Gasteiger partial charge in [-0.1, -0.05) is 55.1 Å². The van der Waals surface area contributed by atoms with Crippen molar-refractivity contribution in [2.45, 2.75) is 38.9 Å². The number of ether oxygens (including phenoxy) is 4. The molecule has 2 atom stereocenters. The molecule has 0 saturated carbocycles. The number of terminal acetylenes is 1. The van der Waals surface area contributed by atoms with Crippen molar-refractivity contribution in [3.8, 4) is 35.0 Å². The molecule has 4 aliphatic rings. The topological polar surface area (TPSA) is 137 Å². The zero-order valence-corrected chi connectivity index (χ0v) is 30.9. The number of fused-ring (bicyclic) bond motifs is 3. The number of anilines is 2. The molecular weight excluding hydrogens is 774 g/mol. The minimum absolute atomic E-state index is 0. The molecule has 0 spiro atoms. The summed E-state index contributed by atoms with van der Waals surface area (Å²) in [4.78, 5) is 49.5. The van der Waals surface area contributed by atoms with Crippen LogP contribution in [-0.2, 0) is 36.9 Å². The SMILES string of the molecule is C.C#CCN1C(=O)COc2cc(Cl)c(-c3c(Cl)n4n(c3=O)CCOCC4)cc21.CC(c1cc2c(cc1Cl)OCC(=O)N2)C(Cl)N1CCOCCN1C=O. The molecule has 0 bridgehead atoms. The number of halogens is 4. The molecule has 0 radical (unpaired) electrons. The number of alkyl halides is 1. The molecule has 4 aliphatic heterocycles. The number of aromatic nitrogens is 2. The lowest BCUT2D eigenvalue weighted by Crippen LogP contribution is -2.48. The Morgan fingerprint density at radius 2 is 1.57 bits per heavy atom. The number of hydrogen-bond donors (Lipinski definition) is 1. The van der Waals surface area contributed by atoms with Crippen molar-refractivity contribution in [1.29, 1.82) is 0 Å². The highest BCUT2D eigenvalue weighted by molar-refractivity contribution is 6.36. The second kappa shape index (κ2) is 17.5. The van der Waals surface area contributed by atoms with Gasteiger partial charge in [-0.2, -0.15) is 5.01 Å². The highest BCUT2D eigenvalue weighted by atomic mass is 35.5. The zero-order chi connectivity index (χ0) is 37.1. The predicted molar refractivity (Wildman–Crippen MR) is 202 cm³/mol. The number of nitrogens with one attached hydrogen (secondary N) is 1. The highest BCUT2D eigenvalue weighted by Gasteiger charge is 2.32. The maximum atomic E-state index is 13.0. The predicted octanol–water partition coefficient (Wildman–Crippen LogP) is 4.69. The summed E-state index contributed by atoms with van der Waals surface area (Å²) < 4.78 is 24.9. The summed E-state index contributed by atoms with van der Waals surface area (Å²) >= 11 is 26.0. The van der Waals surface area contributed by atoms with Gasteiger partial charge in [-0.25, -0.2) is 4.68 Å². The summed E-state index contributed by atoms with van der Waals surface area (Å²) in [5.74, 6) is 2.74. The Hall–Kier alpha value is -3.94. The third kappa shape index (κ3) is 8.27. The Morgan fingerprint density at radius 3 is 2.28 bits per heavy atom. The van der Waals surface area contributed by atoms with Gasteiger partial charge in [-0.15, -0.1) is 18.0 Å². The molecule has 0 aliphatic carbocycles. The van der Waals surface area contributed by atoms with Crippen molar-refractivity contribution in [1.82, 2.24) is 19.4 Å². The summed E-state index contributed by atoms with van der Waals surface area (Å²) in [7, 11) is 0. The Labute approximate surface area is 326 Å². The summed E-state index contributed by atoms with van der Waals surface area (Å²) in [5, 5.41) is 7.15. The van der Waals surface area contributed by atoms with Crippen LogP contribution in [0.1, 0.15) is 25.8 Å². The Kier molecular flexibility index (Phi) is 13.3. The third-order valence-corrected chi connectivity index (χ3v) is 10.5. The fraction of sp³-hybridized carbons (Fsp3) is 0.429. The number of nitrogens with zero attached hydrogens (tertiary/aromatic N) is 5. The van der Waals surface area contributed by atoms with Gasteiger partial charge in [0.25, 0.3) is 17.4 Å². The molecule has 2 aromatic carbocycles. The number of amides is 3. The van der Waals surface area contributed by atoms with Crippen LogP contribution >= 0.6 is 46.4 Å². The summed E-state index contributed by atoms with van der Waals surface area (Å²) in [5.41, 5.74) is 1.74. The molecule has 14 nitrogen and oxygen atoms in total. The van der Waals surface area contributed by atoms with Crippen LogP contribution in [0.15, 0.2) is 29.1 Å². The molecule has 2 unspecified atom stereocenters. The molecule has 1 N–H and O–H groups in total. The minimum Gasteiger partial charge on any atom is -0.482 e. The Morgan fingerprint density at radius 1 is 0.906 bits per heavy atom. The molecule has 5 heterocycles. The van der Waals surface area contributed by atoms with E-state index in [2.05, 4.69) is 11.2 Å². The average Bonchev–Trinajstić information content (AvgIpc) is 3.41. The fourth-order valence-corrected chi connectivity index (χ4v) is 7.52. The van der Waals surface area contributed by atoms with Crippen LogP contribution in [0, 0.1) is 12.3 Å². The number of benzene rings is 2. The maximum Gasteiger partial charge on any atom is 0.276 e. The monoisotopic (exact) mass is 810 g/mol. The van der Waals surface area contributed by atoms with E-state index in [0.29, 0.717) is 91.1 Å². The van der Waals surface area contributed by atoms with Crippen molar-refractivity contribution < 1.29 is 33.3 Å². The third-order valence-electron chi connectivity index (χ3n) is 8.88. The van der Waals surface area contributed by atoms with Gasteiger partial charge in [0, 0.05) is 35.2 Å². The van der Waals surface area contributed by atoms with E-state index in [9.17, 15) is 19.2 Å². The van der Waals surface area contributed by atoms with Crippen molar-refractivity contribution in [2.75, 3.05) is 69.5 Å². The molecule has 3 aromatic rings. The smallest absolute Gasteiger partial charge is 0.276 e. The number of rotatable bonds is 6. The number of hydrogen-bond acceptors (Lipinski definition) is 9. The molecule has 18 heteroatoms. The van der Waals surface area contributed by atoms with Crippen molar-refractivity contribution in [3.05, 3.63) is 55.4 Å². The van der Waals surface area contributed by atoms with Gasteiger partial charge < -0.3 is 24.3 Å². The average molecular weight is 813 g/mol. The van der Waals surface area contributed by atoms with Gasteiger partial charge in [-0.05, 0) is 17.7 Å². The lowest BCUT2D eigenvalue weighted by Gasteiger charge is -2.36. The van der Waals surface area contributed by atoms with Crippen LogP contribution < -0.4 is 25.2 Å². The number of carbonyl (C=O) groups is 3. The quantitative estimate of drug-likeness (QED) is 0.163. The Balaban J connectivity index is 0.000000201. The van der Waals surface area contributed by atoms with E-state index in [0.717, 1.165) is 12.0 Å². The molecule has 1 saturated heterocycles. The lowest BCUT2D eigenvalue weighted by molar-refractivity contribution is -0.135. The minimum atomic E-state index is -0.511.